The summed E-state index contributed by atoms with van der Waals surface area (Å²) in [5.41, 5.74) is 0. The monoisotopic (exact) mass is 264 g/mol. The molecule has 1 aromatic heterocycles. The summed E-state index contributed by atoms with van der Waals surface area (Å²) in [4.78, 5) is 4.84. The molecule has 7 heteroatoms. The van der Waals surface area contributed by atoms with Gasteiger partial charge in [-0.15, -0.1) is 0 Å². The van der Waals surface area contributed by atoms with Crippen molar-refractivity contribution in [3.63, 3.8) is 0 Å². The van der Waals surface area contributed by atoms with Gasteiger partial charge in [0, 0.05) is 12.7 Å². The quantitative estimate of drug-likeness (QED) is 0.851. The maximum absolute atomic E-state index is 12.4. The van der Waals surface area contributed by atoms with Crippen molar-refractivity contribution < 1.29 is 23.0 Å². The summed E-state index contributed by atoms with van der Waals surface area (Å²) >= 11 is 0. The molecule has 18 heavy (non-hydrogen) atoms. The zero-order chi connectivity index (χ0) is 13.6. The summed E-state index contributed by atoms with van der Waals surface area (Å²) in [5.74, 6) is 0.364. The first-order valence-corrected chi connectivity index (χ1v) is 5.48. The lowest BCUT2D eigenvalue weighted by Crippen LogP contribution is -2.37. The van der Waals surface area contributed by atoms with Crippen LogP contribution in [0.2, 0.25) is 0 Å². The molecule has 0 saturated heterocycles. The maximum Gasteiger partial charge on any atom is 0.405 e. The largest absolute Gasteiger partial charge is 0.490 e. The molecule has 1 rings (SSSR count). The molecule has 0 aliphatic carbocycles. The van der Waals surface area contributed by atoms with Gasteiger partial charge in [-0.05, 0) is 19.1 Å². The highest BCUT2D eigenvalue weighted by atomic mass is 19.4. The molecule has 0 bridgehead atoms. The highest BCUT2D eigenvalue weighted by Gasteiger charge is 2.32. The van der Waals surface area contributed by atoms with E-state index in [1.54, 1.807) is 19.1 Å². The molecule has 0 amide bonds. The zero-order valence-electron chi connectivity index (χ0n) is 9.94. The summed E-state index contributed by atoms with van der Waals surface area (Å²) in [7, 11) is 0. The van der Waals surface area contributed by atoms with E-state index in [1.807, 2.05) is 0 Å². The summed E-state index contributed by atoms with van der Waals surface area (Å²) < 4.78 is 42.5. The molecule has 0 unspecified atom stereocenters. The number of rotatable bonds is 6. The number of aromatic nitrogens is 1. The average molecular weight is 264 g/mol. The number of anilines is 1. The standard InChI is InChI=1S/C11H15F3N2O2/c1-2-18-9-4-3-5-15-10(9)16(6-7-17)8-11(12,13)14/h3-5,17H,2,6-8H2,1H3. The van der Waals surface area contributed by atoms with Crippen LogP contribution in [-0.2, 0) is 0 Å². The van der Waals surface area contributed by atoms with E-state index in [9.17, 15) is 13.2 Å². The van der Waals surface area contributed by atoms with E-state index in [0.717, 1.165) is 4.90 Å². The molecule has 0 radical (unpaired) electrons. The van der Waals surface area contributed by atoms with Gasteiger partial charge in [0.05, 0.1) is 13.2 Å². The third-order valence-electron chi connectivity index (χ3n) is 2.09. The van der Waals surface area contributed by atoms with Crippen molar-refractivity contribution in [2.24, 2.45) is 0 Å². The Balaban J connectivity index is 2.97. The summed E-state index contributed by atoms with van der Waals surface area (Å²) in [6.07, 6.45) is -2.98. The normalized spacial score (nSPS) is 11.4. The highest BCUT2D eigenvalue weighted by Crippen LogP contribution is 2.28. The lowest BCUT2D eigenvalue weighted by atomic mass is 10.3. The summed E-state index contributed by atoms with van der Waals surface area (Å²) in [6, 6.07) is 3.13. The second kappa shape index (κ2) is 6.44. The van der Waals surface area contributed by atoms with Crippen molar-refractivity contribution in [3.05, 3.63) is 18.3 Å². The first-order chi connectivity index (χ1) is 8.48. The number of aliphatic hydroxyl groups excluding tert-OH is 1. The Bertz CT molecular complexity index is 372. The van der Waals surface area contributed by atoms with Crippen LogP contribution in [-0.4, -0.2) is 42.6 Å². The smallest absolute Gasteiger partial charge is 0.405 e. The molecule has 0 aliphatic heterocycles. The molecule has 1 heterocycles. The fourth-order valence-corrected chi connectivity index (χ4v) is 1.48. The number of nitrogens with zero attached hydrogens (tertiary/aromatic N) is 2. The van der Waals surface area contributed by atoms with Gasteiger partial charge in [-0.2, -0.15) is 13.2 Å². The molecule has 1 aromatic rings. The van der Waals surface area contributed by atoms with Gasteiger partial charge < -0.3 is 14.7 Å². The Kier molecular flexibility index (Phi) is 5.21. The maximum atomic E-state index is 12.4. The van der Waals surface area contributed by atoms with Crippen molar-refractivity contribution in [2.75, 3.05) is 31.2 Å². The Hall–Kier alpha value is -1.50. The molecule has 1 N–H and O–H groups in total. The minimum Gasteiger partial charge on any atom is -0.490 e. The summed E-state index contributed by atoms with van der Waals surface area (Å²) in [5, 5.41) is 8.84. The molecule has 0 spiro atoms. The van der Waals surface area contributed by atoms with Gasteiger partial charge in [-0.3, -0.25) is 0 Å². The molecule has 0 atom stereocenters. The predicted octanol–water partition coefficient (Wildman–Crippen LogP) is 1.84. The lowest BCUT2D eigenvalue weighted by Gasteiger charge is -2.25. The Morgan fingerprint density at radius 3 is 2.72 bits per heavy atom. The van der Waals surface area contributed by atoms with E-state index in [2.05, 4.69) is 4.98 Å². The van der Waals surface area contributed by atoms with Crippen molar-refractivity contribution in [1.82, 2.24) is 4.98 Å². The second-order valence-corrected chi connectivity index (χ2v) is 3.52. The van der Waals surface area contributed by atoms with E-state index in [0.29, 0.717) is 6.61 Å². The topological polar surface area (TPSA) is 45.6 Å². The third-order valence-corrected chi connectivity index (χ3v) is 2.09. The van der Waals surface area contributed by atoms with E-state index < -0.39 is 19.3 Å². The first-order valence-electron chi connectivity index (χ1n) is 5.48. The van der Waals surface area contributed by atoms with Crippen molar-refractivity contribution in [1.29, 1.82) is 0 Å². The van der Waals surface area contributed by atoms with E-state index in [-0.39, 0.29) is 18.1 Å². The SMILES string of the molecule is CCOc1cccnc1N(CCO)CC(F)(F)F. The fourth-order valence-electron chi connectivity index (χ4n) is 1.48. The van der Waals surface area contributed by atoms with E-state index in [4.69, 9.17) is 9.84 Å². The number of hydrogen-bond donors (Lipinski definition) is 1. The van der Waals surface area contributed by atoms with Gasteiger partial charge in [-0.1, -0.05) is 0 Å². The zero-order valence-corrected chi connectivity index (χ0v) is 9.94. The van der Waals surface area contributed by atoms with Crippen LogP contribution >= 0.6 is 0 Å². The second-order valence-electron chi connectivity index (χ2n) is 3.52. The number of aliphatic hydroxyl groups is 1. The van der Waals surface area contributed by atoms with Crippen LogP contribution in [0, 0.1) is 0 Å². The van der Waals surface area contributed by atoms with E-state index in [1.165, 1.54) is 6.20 Å². The van der Waals surface area contributed by atoms with Crippen molar-refractivity contribution >= 4 is 5.82 Å². The van der Waals surface area contributed by atoms with Crippen molar-refractivity contribution in [3.8, 4) is 5.75 Å². The average Bonchev–Trinajstić information content (AvgIpc) is 2.28. The first kappa shape index (κ1) is 14.6. The molecule has 102 valence electrons. The van der Waals surface area contributed by atoms with Crippen LogP contribution in [0.15, 0.2) is 18.3 Å². The molecular weight excluding hydrogens is 249 g/mol. The lowest BCUT2D eigenvalue weighted by molar-refractivity contribution is -0.120. The van der Waals surface area contributed by atoms with Gasteiger partial charge in [0.2, 0.25) is 0 Å². The van der Waals surface area contributed by atoms with Crippen LogP contribution in [0.1, 0.15) is 6.92 Å². The minimum atomic E-state index is -4.36. The molecule has 0 aliphatic rings. The molecular formula is C11H15F3N2O2. The molecule has 0 saturated carbocycles. The predicted molar refractivity (Wildman–Crippen MR) is 60.8 cm³/mol. The van der Waals surface area contributed by atoms with Gasteiger partial charge in [0.25, 0.3) is 0 Å². The fraction of sp³-hybridized carbons (Fsp3) is 0.545. The Morgan fingerprint density at radius 2 is 2.17 bits per heavy atom. The van der Waals surface area contributed by atoms with Crippen LogP contribution in [0.4, 0.5) is 19.0 Å². The number of hydrogen-bond acceptors (Lipinski definition) is 4. The number of ether oxygens (including phenoxy) is 1. The van der Waals surface area contributed by atoms with Crippen LogP contribution < -0.4 is 9.64 Å². The van der Waals surface area contributed by atoms with E-state index >= 15 is 0 Å². The van der Waals surface area contributed by atoms with Gasteiger partial charge >= 0.3 is 6.18 Å². The Labute approximate surface area is 103 Å². The highest BCUT2D eigenvalue weighted by molar-refractivity contribution is 5.52. The van der Waals surface area contributed by atoms with Gasteiger partial charge in [0.1, 0.15) is 6.54 Å². The number of alkyl halides is 3. The van der Waals surface area contributed by atoms with Crippen molar-refractivity contribution in [2.45, 2.75) is 13.1 Å². The number of halogens is 3. The van der Waals surface area contributed by atoms with Gasteiger partial charge in [-0.25, -0.2) is 4.98 Å². The van der Waals surface area contributed by atoms with Crippen LogP contribution in [0.3, 0.4) is 0 Å². The molecule has 0 fully saturated rings. The number of pyridine rings is 1. The van der Waals surface area contributed by atoms with Crippen LogP contribution in [0.5, 0.6) is 5.75 Å². The van der Waals surface area contributed by atoms with Gasteiger partial charge in [0.15, 0.2) is 11.6 Å². The third kappa shape index (κ3) is 4.40. The van der Waals surface area contributed by atoms with Crippen LogP contribution in [0.25, 0.3) is 0 Å². The summed E-state index contributed by atoms with van der Waals surface area (Å²) in [6.45, 7) is 0.341. The molecule has 0 aromatic carbocycles. The molecule has 4 nitrogen and oxygen atoms in total. The minimum absolute atomic E-state index is 0.0886. The Morgan fingerprint density at radius 1 is 1.44 bits per heavy atom.